The molecule has 10 heteroatoms. The van der Waals surface area contributed by atoms with E-state index in [4.69, 9.17) is 14.2 Å². The number of para-hydroxylation sites is 2. The van der Waals surface area contributed by atoms with Crippen LogP contribution < -0.4 is 15.6 Å². The predicted octanol–water partition coefficient (Wildman–Crippen LogP) is 3.17. The number of ether oxygens (including phenoxy) is 3. The first-order valence-corrected chi connectivity index (χ1v) is 10.9. The molecule has 0 saturated carbocycles. The number of anilines is 1. The Balaban J connectivity index is 1.88. The Labute approximate surface area is 188 Å². The van der Waals surface area contributed by atoms with E-state index in [0.29, 0.717) is 38.7 Å². The van der Waals surface area contributed by atoms with Crippen LogP contribution in [0.4, 0.5) is 5.69 Å². The molecule has 0 radical (unpaired) electrons. The number of fused-ring (bicyclic) bond motifs is 1. The number of carbonyl (C=O) groups excluding carboxylic acids is 2. The van der Waals surface area contributed by atoms with Gasteiger partial charge < -0.3 is 19.5 Å². The highest BCUT2D eigenvalue weighted by Crippen LogP contribution is 2.28. The van der Waals surface area contributed by atoms with E-state index >= 15 is 0 Å². The third kappa shape index (κ3) is 4.81. The molecule has 170 valence electrons. The van der Waals surface area contributed by atoms with Gasteiger partial charge in [-0.1, -0.05) is 12.1 Å². The van der Waals surface area contributed by atoms with Crippen molar-refractivity contribution in [2.75, 3.05) is 32.2 Å². The van der Waals surface area contributed by atoms with E-state index in [1.54, 1.807) is 32.0 Å². The van der Waals surface area contributed by atoms with Gasteiger partial charge in [-0.15, -0.1) is 11.3 Å². The number of esters is 1. The summed E-state index contributed by atoms with van der Waals surface area (Å²) in [5.74, 6) is -0.388. The van der Waals surface area contributed by atoms with Gasteiger partial charge >= 0.3 is 5.97 Å². The van der Waals surface area contributed by atoms with Gasteiger partial charge in [0.15, 0.2) is 0 Å². The van der Waals surface area contributed by atoms with Crippen LogP contribution in [0.25, 0.3) is 10.2 Å². The van der Waals surface area contributed by atoms with Crippen LogP contribution in [-0.2, 0) is 14.3 Å². The molecule has 3 rings (SSSR count). The molecule has 0 fully saturated rings. The first-order valence-electron chi connectivity index (χ1n) is 10.1. The highest BCUT2D eigenvalue weighted by atomic mass is 32.1. The summed E-state index contributed by atoms with van der Waals surface area (Å²) in [6, 6.07) is 6.23. The van der Waals surface area contributed by atoms with Crippen molar-refractivity contribution in [1.82, 2.24) is 9.55 Å². The van der Waals surface area contributed by atoms with E-state index in [1.165, 1.54) is 18.0 Å². The molecule has 1 unspecified atom stereocenters. The number of hydrogen-bond acceptors (Lipinski definition) is 8. The molecule has 0 bridgehead atoms. The predicted molar refractivity (Wildman–Crippen MR) is 122 cm³/mol. The van der Waals surface area contributed by atoms with Crippen molar-refractivity contribution in [3.05, 3.63) is 51.4 Å². The minimum atomic E-state index is -0.842. The summed E-state index contributed by atoms with van der Waals surface area (Å²) in [7, 11) is 1.51. The molecular weight excluding hydrogens is 434 g/mol. The maximum Gasteiger partial charge on any atom is 0.348 e. The molecule has 1 N–H and O–H groups in total. The lowest BCUT2D eigenvalue weighted by atomic mass is 10.2. The maximum atomic E-state index is 13.2. The lowest BCUT2D eigenvalue weighted by Gasteiger charge is -2.16. The minimum absolute atomic E-state index is 0.112. The first kappa shape index (κ1) is 23.4. The van der Waals surface area contributed by atoms with Gasteiger partial charge in [0.2, 0.25) is 5.91 Å². The van der Waals surface area contributed by atoms with Crippen molar-refractivity contribution >= 4 is 39.1 Å². The van der Waals surface area contributed by atoms with Crippen molar-refractivity contribution in [2.24, 2.45) is 0 Å². The number of amides is 1. The minimum Gasteiger partial charge on any atom is -0.492 e. The van der Waals surface area contributed by atoms with Crippen LogP contribution in [0, 0.1) is 6.92 Å². The van der Waals surface area contributed by atoms with Gasteiger partial charge in [0.25, 0.3) is 5.56 Å². The molecule has 0 spiro atoms. The number of hydrogen-bond donors (Lipinski definition) is 1. The van der Waals surface area contributed by atoms with E-state index in [1.807, 2.05) is 13.0 Å². The van der Waals surface area contributed by atoms with Crippen LogP contribution in [0.2, 0.25) is 0 Å². The van der Waals surface area contributed by atoms with Crippen LogP contribution in [0.1, 0.15) is 35.1 Å². The summed E-state index contributed by atoms with van der Waals surface area (Å²) < 4.78 is 16.8. The number of nitrogens with zero attached hydrogens (tertiary/aromatic N) is 2. The van der Waals surface area contributed by atoms with E-state index in [-0.39, 0.29) is 13.2 Å². The number of nitrogens with one attached hydrogen (secondary N) is 1. The largest absolute Gasteiger partial charge is 0.492 e. The smallest absolute Gasteiger partial charge is 0.348 e. The lowest BCUT2D eigenvalue weighted by molar-refractivity contribution is -0.118. The molecule has 0 saturated heterocycles. The van der Waals surface area contributed by atoms with Gasteiger partial charge in [-0.25, -0.2) is 9.78 Å². The van der Waals surface area contributed by atoms with Gasteiger partial charge in [-0.05, 0) is 38.5 Å². The first-order chi connectivity index (χ1) is 15.4. The third-order valence-electron chi connectivity index (χ3n) is 4.82. The highest BCUT2D eigenvalue weighted by Gasteiger charge is 2.24. The van der Waals surface area contributed by atoms with Crippen LogP contribution in [0.5, 0.6) is 5.75 Å². The number of aryl methyl sites for hydroxylation is 1. The standard InChI is InChI=1S/C22H25N3O6S/c1-5-30-16-9-7-6-8-15(16)24-19(26)14(3)25-12-23-20-17(21(25)27)13(2)18(32-20)22(28)31-11-10-29-4/h6-9,12,14H,5,10-11H2,1-4H3,(H,24,26). The SMILES string of the molecule is CCOc1ccccc1NC(=O)C(C)n1cnc2sc(C(=O)OCCOC)c(C)c2c1=O. The summed E-state index contributed by atoms with van der Waals surface area (Å²) >= 11 is 1.09. The van der Waals surface area contributed by atoms with Crippen LogP contribution in [0.3, 0.4) is 0 Å². The fourth-order valence-electron chi connectivity index (χ4n) is 3.11. The zero-order valence-electron chi connectivity index (χ0n) is 18.3. The van der Waals surface area contributed by atoms with Crippen molar-refractivity contribution in [2.45, 2.75) is 26.8 Å². The van der Waals surface area contributed by atoms with Crippen molar-refractivity contribution in [1.29, 1.82) is 0 Å². The van der Waals surface area contributed by atoms with E-state index in [2.05, 4.69) is 10.3 Å². The number of thiophene rings is 1. The summed E-state index contributed by atoms with van der Waals surface area (Å²) in [6.45, 7) is 5.97. The van der Waals surface area contributed by atoms with Crippen molar-refractivity contribution < 1.29 is 23.8 Å². The molecular formula is C22H25N3O6S. The zero-order chi connectivity index (χ0) is 23.3. The molecule has 2 heterocycles. The molecule has 2 aromatic heterocycles. The topological polar surface area (TPSA) is 109 Å². The normalized spacial score (nSPS) is 11.9. The Morgan fingerprint density at radius 1 is 1.25 bits per heavy atom. The Morgan fingerprint density at radius 2 is 2.00 bits per heavy atom. The number of aromatic nitrogens is 2. The van der Waals surface area contributed by atoms with E-state index in [9.17, 15) is 14.4 Å². The third-order valence-corrected chi connectivity index (χ3v) is 6.00. The average molecular weight is 460 g/mol. The second-order valence-electron chi connectivity index (χ2n) is 6.92. The van der Waals surface area contributed by atoms with Gasteiger partial charge in [-0.3, -0.25) is 14.2 Å². The second-order valence-corrected chi connectivity index (χ2v) is 7.92. The number of carbonyl (C=O) groups is 2. The molecule has 0 aliphatic rings. The Kier molecular flexibility index (Phi) is 7.60. The molecule has 32 heavy (non-hydrogen) atoms. The van der Waals surface area contributed by atoms with Crippen LogP contribution >= 0.6 is 11.3 Å². The molecule has 9 nitrogen and oxygen atoms in total. The molecule has 3 aromatic rings. The fourth-order valence-corrected chi connectivity index (χ4v) is 4.14. The zero-order valence-corrected chi connectivity index (χ0v) is 19.2. The summed E-state index contributed by atoms with van der Waals surface area (Å²) in [5.41, 5.74) is 0.593. The summed E-state index contributed by atoms with van der Waals surface area (Å²) in [5, 5.41) is 3.10. The highest BCUT2D eigenvalue weighted by molar-refractivity contribution is 7.20. The van der Waals surface area contributed by atoms with Gasteiger partial charge in [0.05, 0.1) is 30.6 Å². The number of benzene rings is 1. The van der Waals surface area contributed by atoms with Gasteiger partial charge in [0, 0.05) is 7.11 Å². The van der Waals surface area contributed by atoms with Gasteiger partial charge in [0.1, 0.15) is 28.1 Å². The Bertz CT molecular complexity index is 1190. The molecule has 1 aromatic carbocycles. The van der Waals surface area contributed by atoms with E-state index < -0.39 is 23.5 Å². The molecule has 1 amide bonds. The van der Waals surface area contributed by atoms with Crippen LogP contribution in [-0.4, -0.2) is 48.4 Å². The molecule has 1 atom stereocenters. The van der Waals surface area contributed by atoms with Crippen molar-refractivity contribution in [3.63, 3.8) is 0 Å². The van der Waals surface area contributed by atoms with Crippen LogP contribution in [0.15, 0.2) is 35.4 Å². The maximum absolute atomic E-state index is 13.2. The number of rotatable bonds is 9. The number of methoxy groups -OCH3 is 1. The molecule has 0 aliphatic heterocycles. The second kappa shape index (κ2) is 10.4. The fraction of sp³-hybridized carbons (Fsp3) is 0.364. The van der Waals surface area contributed by atoms with Gasteiger partial charge in [-0.2, -0.15) is 0 Å². The quantitative estimate of drug-likeness (QED) is 0.387. The Morgan fingerprint density at radius 3 is 2.72 bits per heavy atom. The molecule has 0 aliphatic carbocycles. The summed E-state index contributed by atoms with van der Waals surface area (Å²) in [4.78, 5) is 43.4. The average Bonchev–Trinajstić information content (AvgIpc) is 3.12. The lowest BCUT2D eigenvalue weighted by Crippen LogP contribution is -2.32. The van der Waals surface area contributed by atoms with Crippen molar-refractivity contribution in [3.8, 4) is 5.75 Å². The Hall–Kier alpha value is -3.24. The summed E-state index contributed by atoms with van der Waals surface area (Å²) in [6.07, 6.45) is 1.32. The monoisotopic (exact) mass is 459 g/mol. The van der Waals surface area contributed by atoms with E-state index in [0.717, 1.165) is 11.3 Å².